The Morgan fingerprint density at radius 2 is 1.77 bits per heavy atom. The number of oxime groups is 1. The highest BCUT2D eigenvalue weighted by Crippen LogP contribution is 2.39. The van der Waals surface area contributed by atoms with E-state index in [-0.39, 0.29) is 12.0 Å². The molecule has 4 rings (SSSR count). The molecule has 2 aliphatic rings. The summed E-state index contributed by atoms with van der Waals surface area (Å²) in [5.74, 6) is 0.0603. The van der Waals surface area contributed by atoms with Gasteiger partial charge in [0.25, 0.3) is 0 Å². The highest BCUT2D eigenvalue weighted by Gasteiger charge is 2.43. The number of hydrogen-bond acceptors (Lipinski definition) is 4. The first-order valence-corrected chi connectivity index (χ1v) is 10.7. The van der Waals surface area contributed by atoms with E-state index in [9.17, 15) is 4.79 Å². The van der Waals surface area contributed by atoms with Crippen molar-refractivity contribution in [2.24, 2.45) is 10.6 Å². The van der Waals surface area contributed by atoms with E-state index in [1.54, 1.807) is 0 Å². The quantitative estimate of drug-likeness (QED) is 0.766. The number of ether oxygens (including phenoxy) is 1. The minimum Gasteiger partial charge on any atom is -0.392 e. The zero-order chi connectivity index (χ0) is 21.1. The van der Waals surface area contributed by atoms with Crippen molar-refractivity contribution in [3.8, 4) is 0 Å². The summed E-state index contributed by atoms with van der Waals surface area (Å²) in [4.78, 5) is 19.2. The highest BCUT2D eigenvalue weighted by molar-refractivity contribution is 6.01. The number of carbonyl (C=O) groups excluding carboxylic acids is 1. The van der Waals surface area contributed by atoms with Crippen LogP contribution in [0.5, 0.6) is 0 Å². The van der Waals surface area contributed by atoms with Gasteiger partial charge in [-0.1, -0.05) is 52.7 Å². The second-order valence-electron chi connectivity index (χ2n) is 8.70. The molecular weight excluding hydrogens is 376 g/mol. The van der Waals surface area contributed by atoms with Gasteiger partial charge >= 0.3 is 0 Å². The second-order valence-corrected chi connectivity index (χ2v) is 8.70. The Morgan fingerprint density at radius 1 is 1.07 bits per heavy atom. The maximum absolute atomic E-state index is 13.4. The standard InChI is InChI=1S/C25H30N2O3/c1-17-4-7-20(8-5-17)23-15-21(30-27-23)16-25(10-12-29-13-11-25)24(28)26-22-9-6-18(2)14-19(22)3/h4-9,14,21H,10-13,15-16H2,1-3H3,(H,26,28)/t21-/m0/s1. The maximum atomic E-state index is 13.4. The summed E-state index contributed by atoms with van der Waals surface area (Å²) in [7, 11) is 0. The zero-order valence-corrected chi connectivity index (χ0v) is 18.0. The lowest BCUT2D eigenvalue weighted by molar-refractivity contribution is -0.134. The molecule has 30 heavy (non-hydrogen) atoms. The number of nitrogens with zero attached hydrogens (tertiary/aromatic N) is 1. The number of rotatable bonds is 5. The van der Waals surface area contributed by atoms with Gasteiger partial charge in [-0.15, -0.1) is 0 Å². The first kappa shape index (κ1) is 20.6. The van der Waals surface area contributed by atoms with Gasteiger partial charge < -0.3 is 14.9 Å². The monoisotopic (exact) mass is 406 g/mol. The van der Waals surface area contributed by atoms with Crippen LogP contribution in [0, 0.1) is 26.2 Å². The molecule has 1 N–H and O–H groups in total. The van der Waals surface area contributed by atoms with E-state index in [1.807, 2.05) is 19.1 Å². The molecule has 1 fully saturated rings. The molecular formula is C25H30N2O3. The number of anilines is 1. The molecule has 0 radical (unpaired) electrons. The van der Waals surface area contributed by atoms with Crippen molar-refractivity contribution >= 4 is 17.3 Å². The fraction of sp³-hybridized carbons (Fsp3) is 0.440. The Hall–Kier alpha value is -2.66. The molecule has 5 nitrogen and oxygen atoms in total. The third-order valence-electron chi connectivity index (χ3n) is 6.30. The zero-order valence-electron chi connectivity index (χ0n) is 18.0. The van der Waals surface area contributed by atoms with E-state index in [0.717, 1.165) is 28.9 Å². The summed E-state index contributed by atoms with van der Waals surface area (Å²) in [6.45, 7) is 7.35. The lowest BCUT2D eigenvalue weighted by Gasteiger charge is -2.37. The van der Waals surface area contributed by atoms with Gasteiger partial charge in [-0.25, -0.2) is 0 Å². The van der Waals surface area contributed by atoms with Gasteiger partial charge in [0.05, 0.1) is 11.1 Å². The topological polar surface area (TPSA) is 59.9 Å². The highest BCUT2D eigenvalue weighted by atomic mass is 16.6. The maximum Gasteiger partial charge on any atom is 0.230 e. The number of nitrogens with one attached hydrogen (secondary N) is 1. The molecule has 2 heterocycles. The van der Waals surface area contributed by atoms with Crippen LogP contribution in [0.1, 0.15) is 47.9 Å². The van der Waals surface area contributed by atoms with Crippen LogP contribution >= 0.6 is 0 Å². The average Bonchev–Trinajstić information content (AvgIpc) is 3.19. The van der Waals surface area contributed by atoms with Crippen LogP contribution in [-0.4, -0.2) is 30.9 Å². The lowest BCUT2D eigenvalue weighted by Crippen LogP contribution is -2.43. The Bertz CT molecular complexity index is 943. The summed E-state index contributed by atoms with van der Waals surface area (Å²) in [6, 6.07) is 14.4. The molecule has 1 saturated heterocycles. The molecule has 0 bridgehead atoms. The Morgan fingerprint density at radius 3 is 2.47 bits per heavy atom. The number of carbonyl (C=O) groups is 1. The van der Waals surface area contributed by atoms with E-state index in [4.69, 9.17) is 9.57 Å². The molecule has 0 unspecified atom stereocenters. The van der Waals surface area contributed by atoms with Gasteiger partial charge in [-0.05, 0) is 50.8 Å². The largest absolute Gasteiger partial charge is 0.392 e. The first-order chi connectivity index (χ1) is 14.4. The summed E-state index contributed by atoms with van der Waals surface area (Å²) >= 11 is 0. The van der Waals surface area contributed by atoms with E-state index >= 15 is 0 Å². The predicted octanol–water partition coefficient (Wildman–Crippen LogP) is 4.93. The molecule has 0 aromatic heterocycles. The first-order valence-electron chi connectivity index (χ1n) is 10.7. The fourth-order valence-electron chi connectivity index (χ4n) is 4.38. The summed E-state index contributed by atoms with van der Waals surface area (Å²) in [5.41, 5.74) is 5.90. The van der Waals surface area contributed by atoms with Crippen LogP contribution in [0.3, 0.4) is 0 Å². The van der Waals surface area contributed by atoms with E-state index < -0.39 is 5.41 Å². The molecule has 0 spiro atoms. The number of benzene rings is 2. The molecule has 0 saturated carbocycles. The second kappa shape index (κ2) is 8.60. The molecule has 5 heteroatoms. The van der Waals surface area contributed by atoms with Gasteiger partial charge in [0.15, 0.2) is 0 Å². The average molecular weight is 407 g/mol. The molecule has 2 aliphatic heterocycles. The van der Waals surface area contributed by atoms with Gasteiger partial charge in [0.2, 0.25) is 5.91 Å². The third-order valence-corrected chi connectivity index (χ3v) is 6.30. The normalized spacial score (nSPS) is 20.4. The minimum absolute atomic E-state index is 0.0603. The Kier molecular flexibility index (Phi) is 5.91. The summed E-state index contributed by atoms with van der Waals surface area (Å²) in [5, 5.41) is 7.52. The van der Waals surface area contributed by atoms with Crippen molar-refractivity contribution < 1.29 is 14.4 Å². The Balaban J connectivity index is 1.47. The molecule has 2 aromatic carbocycles. The molecule has 2 aromatic rings. The Labute approximate surface area is 178 Å². The third kappa shape index (κ3) is 4.41. The van der Waals surface area contributed by atoms with Crippen LogP contribution in [0.4, 0.5) is 5.69 Å². The smallest absolute Gasteiger partial charge is 0.230 e. The van der Waals surface area contributed by atoms with Crippen LogP contribution in [0.2, 0.25) is 0 Å². The van der Waals surface area contributed by atoms with Crippen LogP contribution in [0.25, 0.3) is 0 Å². The molecule has 0 aliphatic carbocycles. The van der Waals surface area contributed by atoms with E-state index in [1.165, 1.54) is 11.1 Å². The number of hydrogen-bond donors (Lipinski definition) is 1. The van der Waals surface area contributed by atoms with Crippen molar-refractivity contribution in [3.05, 3.63) is 64.7 Å². The van der Waals surface area contributed by atoms with Crippen molar-refractivity contribution in [3.63, 3.8) is 0 Å². The lowest BCUT2D eigenvalue weighted by atomic mass is 9.74. The van der Waals surface area contributed by atoms with E-state index in [2.05, 4.69) is 54.7 Å². The number of aryl methyl sites for hydroxylation is 3. The van der Waals surface area contributed by atoms with Gasteiger partial charge in [0, 0.05) is 31.7 Å². The molecule has 1 atom stereocenters. The van der Waals surface area contributed by atoms with Crippen molar-refractivity contribution in [2.45, 2.75) is 52.6 Å². The van der Waals surface area contributed by atoms with Gasteiger partial charge in [-0.2, -0.15) is 0 Å². The fourth-order valence-corrected chi connectivity index (χ4v) is 4.38. The van der Waals surface area contributed by atoms with Crippen LogP contribution in [-0.2, 0) is 14.4 Å². The van der Waals surface area contributed by atoms with Crippen LogP contribution in [0.15, 0.2) is 47.6 Å². The number of amides is 1. The van der Waals surface area contributed by atoms with Gasteiger partial charge in [-0.3, -0.25) is 4.79 Å². The summed E-state index contributed by atoms with van der Waals surface area (Å²) < 4.78 is 5.58. The van der Waals surface area contributed by atoms with Gasteiger partial charge in [0.1, 0.15) is 6.10 Å². The molecule has 158 valence electrons. The van der Waals surface area contributed by atoms with Crippen molar-refractivity contribution in [1.82, 2.24) is 0 Å². The van der Waals surface area contributed by atoms with Crippen molar-refractivity contribution in [2.75, 3.05) is 18.5 Å². The minimum atomic E-state index is -0.501. The van der Waals surface area contributed by atoms with Crippen LogP contribution < -0.4 is 5.32 Å². The summed E-state index contributed by atoms with van der Waals surface area (Å²) in [6.07, 6.45) is 2.67. The predicted molar refractivity (Wildman–Crippen MR) is 119 cm³/mol. The SMILES string of the molecule is Cc1ccc(C2=NO[C@H](CC3(C(=O)Nc4ccc(C)cc4C)CCOCC3)C2)cc1. The molecule has 1 amide bonds. The van der Waals surface area contributed by atoms with E-state index in [0.29, 0.717) is 32.5 Å². The van der Waals surface area contributed by atoms with Crippen molar-refractivity contribution in [1.29, 1.82) is 0 Å².